The van der Waals surface area contributed by atoms with Gasteiger partial charge in [0.15, 0.2) is 30.9 Å². The van der Waals surface area contributed by atoms with Gasteiger partial charge >= 0.3 is 23.9 Å². The van der Waals surface area contributed by atoms with Crippen molar-refractivity contribution in [2.75, 3.05) is 13.2 Å². The Morgan fingerprint density at radius 3 is 1.32 bits per heavy atom. The second-order valence-electron chi connectivity index (χ2n) is 16.1. The summed E-state index contributed by atoms with van der Waals surface area (Å²) in [5, 5.41) is 23.6. The molecule has 356 valence electrons. The highest BCUT2D eigenvalue weighted by Gasteiger charge is 2.56. The van der Waals surface area contributed by atoms with Crippen LogP contribution in [0.25, 0.3) is 0 Å². The van der Waals surface area contributed by atoms with Gasteiger partial charge in [0.1, 0.15) is 37.1 Å². The van der Waals surface area contributed by atoms with Gasteiger partial charge < -0.3 is 52.8 Å². The van der Waals surface area contributed by atoms with Crippen molar-refractivity contribution in [3.8, 4) is 0 Å². The molecule has 0 saturated carbocycles. The fourth-order valence-electron chi connectivity index (χ4n) is 7.82. The number of aliphatic hydroxyl groups excluding tert-OH is 2. The summed E-state index contributed by atoms with van der Waals surface area (Å²) in [6, 6.07) is 50.3. The van der Waals surface area contributed by atoms with E-state index in [1.54, 1.807) is 97.1 Å². The molecule has 2 saturated heterocycles. The molecular weight excluding hydrogens is 889 g/mol. The zero-order valence-corrected chi connectivity index (χ0v) is 37.1. The third-order valence-electron chi connectivity index (χ3n) is 11.3. The highest BCUT2D eigenvalue weighted by Crippen LogP contribution is 2.35. The average molecular weight is 939 g/mol. The van der Waals surface area contributed by atoms with E-state index < -0.39 is 91.9 Å². The lowest BCUT2D eigenvalue weighted by Gasteiger charge is -2.48. The fourth-order valence-corrected chi connectivity index (χ4v) is 7.82. The van der Waals surface area contributed by atoms with Crippen molar-refractivity contribution in [1.29, 1.82) is 0 Å². The number of ether oxygens (including phenoxy) is 9. The van der Waals surface area contributed by atoms with Crippen LogP contribution in [0.5, 0.6) is 0 Å². The molecule has 15 nitrogen and oxygen atoms in total. The van der Waals surface area contributed by atoms with E-state index in [1.165, 1.54) is 36.4 Å². The van der Waals surface area contributed by atoms with Gasteiger partial charge in [-0.05, 0) is 59.7 Å². The molecule has 0 bridgehead atoms. The number of carbonyl (C=O) groups excluding carboxylic acids is 4. The maximum Gasteiger partial charge on any atom is 0.338 e. The largest absolute Gasteiger partial charge is 0.459 e. The quantitative estimate of drug-likeness (QED) is 0.0700. The summed E-state index contributed by atoms with van der Waals surface area (Å²) >= 11 is 0. The van der Waals surface area contributed by atoms with Crippen LogP contribution >= 0.6 is 0 Å². The summed E-state index contributed by atoms with van der Waals surface area (Å²) in [4.78, 5) is 55.9. The van der Waals surface area contributed by atoms with Gasteiger partial charge in [0.25, 0.3) is 0 Å². The van der Waals surface area contributed by atoms with Crippen molar-refractivity contribution in [1.82, 2.24) is 0 Å². The molecule has 2 fully saturated rings. The second kappa shape index (κ2) is 23.8. The summed E-state index contributed by atoms with van der Waals surface area (Å²) in [7, 11) is 0. The van der Waals surface area contributed by atoms with Gasteiger partial charge in [-0.15, -0.1) is 0 Å². The number of aliphatic hydroxyl groups is 2. The van der Waals surface area contributed by atoms with Crippen molar-refractivity contribution < 1.29 is 72.0 Å². The summed E-state index contributed by atoms with van der Waals surface area (Å²) in [5.74, 6) is -3.47. The molecule has 0 amide bonds. The summed E-state index contributed by atoms with van der Waals surface area (Å²) in [5.41, 5.74) is 2.05. The highest BCUT2D eigenvalue weighted by molar-refractivity contribution is 5.91. The summed E-state index contributed by atoms with van der Waals surface area (Å²) < 4.78 is 55.9. The molecule has 0 unspecified atom stereocenters. The summed E-state index contributed by atoms with van der Waals surface area (Å²) in [6.45, 7) is -0.787. The molecule has 6 aromatic rings. The first-order valence-corrected chi connectivity index (χ1v) is 22.3. The van der Waals surface area contributed by atoms with Gasteiger partial charge in [0.05, 0.1) is 42.1 Å². The predicted octanol–water partition coefficient (Wildman–Crippen LogP) is 6.51. The fraction of sp³-hybridized carbons (Fsp3) is 0.259. The van der Waals surface area contributed by atoms with Crippen molar-refractivity contribution in [2.45, 2.75) is 74.6 Å². The lowest BCUT2D eigenvalue weighted by Crippen LogP contribution is -2.66. The molecule has 0 aromatic heterocycles. The van der Waals surface area contributed by atoms with E-state index in [1.807, 2.05) is 48.5 Å². The zero-order valence-electron chi connectivity index (χ0n) is 37.1. The summed E-state index contributed by atoms with van der Waals surface area (Å²) in [6.07, 6.45) is -16.0. The Labute approximate surface area is 398 Å². The van der Waals surface area contributed by atoms with Crippen LogP contribution in [-0.4, -0.2) is 109 Å². The number of hydrogen-bond donors (Lipinski definition) is 2. The Morgan fingerprint density at radius 2 is 0.826 bits per heavy atom. The molecule has 8 rings (SSSR count). The average Bonchev–Trinajstić information content (AvgIpc) is 3.39. The van der Waals surface area contributed by atoms with E-state index in [0.717, 1.165) is 11.1 Å². The molecule has 2 aliphatic rings. The molecule has 0 aliphatic carbocycles. The zero-order chi connectivity index (χ0) is 48.0. The molecular formula is C54H50O15. The van der Waals surface area contributed by atoms with E-state index in [4.69, 9.17) is 42.6 Å². The number of esters is 4. The molecule has 2 heterocycles. The minimum Gasteiger partial charge on any atom is -0.459 e. The Bertz CT molecular complexity index is 2550. The van der Waals surface area contributed by atoms with Gasteiger partial charge in [-0.3, -0.25) is 0 Å². The van der Waals surface area contributed by atoms with Crippen LogP contribution in [0.15, 0.2) is 182 Å². The minimum absolute atomic E-state index is 0.0387. The molecule has 0 radical (unpaired) electrons. The van der Waals surface area contributed by atoms with Crippen molar-refractivity contribution in [3.05, 3.63) is 215 Å². The van der Waals surface area contributed by atoms with Crippen molar-refractivity contribution >= 4 is 23.9 Å². The topological polar surface area (TPSA) is 192 Å². The smallest absolute Gasteiger partial charge is 0.338 e. The van der Waals surface area contributed by atoms with E-state index in [-0.39, 0.29) is 42.1 Å². The van der Waals surface area contributed by atoms with E-state index in [2.05, 4.69) is 0 Å². The first kappa shape index (κ1) is 48.4. The van der Waals surface area contributed by atoms with Crippen LogP contribution in [0.4, 0.5) is 0 Å². The van der Waals surface area contributed by atoms with Gasteiger partial charge in [-0.2, -0.15) is 0 Å². The SMILES string of the molecule is O=C(OC[C@H]1O[C@@H](O[C@H]2[C@H](O)[C@@H](OCc3ccccc3)[C@@H](O)O[C@@H]2COCc2ccccc2)[C@H](OC(=O)c2ccccc2)[C@@H](OC(=O)c2ccccc2)[C@@H]1OC(=O)c1ccccc1)c1ccccc1. The van der Waals surface area contributed by atoms with Gasteiger partial charge in [-0.25, -0.2) is 19.2 Å². The monoisotopic (exact) mass is 938 g/mol. The molecule has 2 N–H and O–H groups in total. The predicted molar refractivity (Wildman–Crippen MR) is 245 cm³/mol. The Morgan fingerprint density at radius 1 is 0.420 bits per heavy atom. The van der Waals surface area contributed by atoms with Gasteiger partial charge in [-0.1, -0.05) is 133 Å². The van der Waals surface area contributed by atoms with E-state index >= 15 is 0 Å². The highest BCUT2D eigenvalue weighted by atomic mass is 16.8. The molecule has 2 aliphatic heterocycles. The molecule has 15 heteroatoms. The van der Waals surface area contributed by atoms with Crippen LogP contribution in [0.2, 0.25) is 0 Å². The lowest BCUT2D eigenvalue weighted by molar-refractivity contribution is -0.358. The first-order chi connectivity index (χ1) is 33.7. The normalized spacial score (nSPS) is 24.3. The number of benzene rings is 6. The standard InChI is InChI=1S/C54H50O15/c55-43-44(41(33-61-31-35-19-7-1-8-20-35)64-53(60)46(43)62-32-36-21-9-2-10-22-36)69-54-48(68-52(59)40-29-17-6-18-30-40)47(67-51(58)39-27-15-5-16-28-39)45(66-50(57)38-25-13-4-14-26-38)42(65-54)34-63-49(56)37-23-11-3-12-24-37/h1-30,41-48,53-55,60H,31-34H2/t41-,42-,43+,44-,45-,46-,47+,48-,53+,54+/m1/s1. The van der Waals surface area contributed by atoms with Crippen LogP contribution in [0, 0.1) is 0 Å². The molecule has 0 spiro atoms. The first-order valence-electron chi connectivity index (χ1n) is 22.3. The van der Waals surface area contributed by atoms with Crippen LogP contribution < -0.4 is 0 Å². The van der Waals surface area contributed by atoms with Crippen LogP contribution in [0.1, 0.15) is 52.6 Å². The second-order valence-corrected chi connectivity index (χ2v) is 16.1. The maximum atomic E-state index is 14.2. The number of carbonyl (C=O) groups is 4. The maximum absolute atomic E-state index is 14.2. The van der Waals surface area contributed by atoms with E-state index in [9.17, 15) is 29.4 Å². The van der Waals surface area contributed by atoms with Crippen LogP contribution in [-0.2, 0) is 55.8 Å². The van der Waals surface area contributed by atoms with Crippen LogP contribution in [0.3, 0.4) is 0 Å². The number of rotatable bonds is 18. The third-order valence-corrected chi connectivity index (χ3v) is 11.3. The lowest BCUT2D eigenvalue weighted by atomic mass is 9.96. The Hall–Kier alpha value is -7.08. The third kappa shape index (κ3) is 12.7. The number of hydrogen-bond acceptors (Lipinski definition) is 15. The van der Waals surface area contributed by atoms with Gasteiger partial charge in [0.2, 0.25) is 0 Å². The Kier molecular flexibility index (Phi) is 16.7. The van der Waals surface area contributed by atoms with Crippen molar-refractivity contribution in [3.63, 3.8) is 0 Å². The Balaban J connectivity index is 1.19. The van der Waals surface area contributed by atoms with E-state index in [0.29, 0.717) is 0 Å². The molecule has 69 heavy (non-hydrogen) atoms. The van der Waals surface area contributed by atoms with Crippen molar-refractivity contribution in [2.24, 2.45) is 0 Å². The molecule has 10 atom stereocenters. The van der Waals surface area contributed by atoms with Gasteiger partial charge in [0, 0.05) is 0 Å². The molecule has 6 aromatic carbocycles. The minimum atomic E-state index is -1.82.